The lowest BCUT2D eigenvalue weighted by Crippen LogP contribution is -2.09. The van der Waals surface area contributed by atoms with Gasteiger partial charge >= 0.3 is 0 Å². The molecule has 0 bridgehead atoms. The van der Waals surface area contributed by atoms with Gasteiger partial charge in [-0.25, -0.2) is 0 Å². The van der Waals surface area contributed by atoms with Crippen LogP contribution in [-0.2, 0) is 0 Å². The van der Waals surface area contributed by atoms with Gasteiger partial charge in [-0.05, 0) is 35.4 Å². The molecule has 78 valence electrons. The highest BCUT2D eigenvalue weighted by atomic mass is 35.5. The summed E-state index contributed by atoms with van der Waals surface area (Å²) < 4.78 is 0. The zero-order valence-corrected chi connectivity index (χ0v) is 10.2. The van der Waals surface area contributed by atoms with Crippen molar-refractivity contribution in [1.29, 1.82) is 0 Å². The first-order valence-electron chi connectivity index (χ1n) is 5.14. The highest BCUT2D eigenvalue weighted by Gasteiger charge is 2.16. The SMILES string of the molecule is C[C@H](CC(C)(C)C)c1ccc(Cl)cc1. The number of benzene rings is 1. The fourth-order valence-corrected chi connectivity index (χ4v) is 1.95. The van der Waals surface area contributed by atoms with Gasteiger partial charge in [0, 0.05) is 5.02 Å². The third kappa shape index (κ3) is 3.71. The number of rotatable bonds is 2. The molecule has 1 heteroatoms. The minimum Gasteiger partial charge on any atom is -0.0843 e. The van der Waals surface area contributed by atoms with Crippen LogP contribution < -0.4 is 0 Å². The molecule has 14 heavy (non-hydrogen) atoms. The first-order chi connectivity index (χ1) is 6.38. The van der Waals surface area contributed by atoms with Crippen molar-refractivity contribution in [3.63, 3.8) is 0 Å². The number of hydrogen-bond donors (Lipinski definition) is 0. The van der Waals surface area contributed by atoms with Gasteiger partial charge in [0.1, 0.15) is 0 Å². The highest BCUT2D eigenvalue weighted by Crippen LogP contribution is 2.30. The van der Waals surface area contributed by atoms with Crippen molar-refractivity contribution in [2.45, 2.75) is 40.0 Å². The van der Waals surface area contributed by atoms with E-state index in [-0.39, 0.29) is 0 Å². The lowest BCUT2D eigenvalue weighted by atomic mass is 9.82. The van der Waals surface area contributed by atoms with Gasteiger partial charge in [-0.2, -0.15) is 0 Å². The van der Waals surface area contributed by atoms with Crippen LogP contribution in [0.5, 0.6) is 0 Å². The predicted molar refractivity (Wildman–Crippen MR) is 63.9 cm³/mol. The molecule has 0 radical (unpaired) electrons. The minimum absolute atomic E-state index is 0.388. The maximum absolute atomic E-state index is 5.85. The van der Waals surface area contributed by atoms with E-state index in [9.17, 15) is 0 Å². The van der Waals surface area contributed by atoms with Crippen LogP contribution >= 0.6 is 11.6 Å². The Morgan fingerprint density at radius 2 is 1.64 bits per heavy atom. The molecule has 0 N–H and O–H groups in total. The molecule has 1 rings (SSSR count). The van der Waals surface area contributed by atoms with Crippen LogP contribution in [0.25, 0.3) is 0 Å². The first-order valence-corrected chi connectivity index (χ1v) is 5.52. The summed E-state index contributed by atoms with van der Waals surface area (Å²) in [6.45, 7) is 9.10. The molecule has 0 heterocycles. The summed E-state index contributed by atoms with van der Waals surface area (Å²) in [5.74, 6) is 0.604. The van der Waals surface area contributed by atoms with Crippen LogP contribution in [-0.4, -0.2) is 0 Å². The monoisotopic (exact) mass is 210 g/mol. The fraction of sp³-hybridized carbons (Fsp3) is 0.538. The fourth-order valence-electron chi connectivity index (χ4n) is 1.83. The van der Waals surface area contributed by atoms with Crippen molar-refractivity contribution in [2.75, 3.05) is 0 Å². The molecule has 0 saturated carbocycles. The minimum atomic E-state index is 0.388. The smallest absolute Gasteiger partial charge is 0.0406 e. The Balaban J connectivity index is 2.70. The van der Waals surface area contributed by atoms with E-state index in [1.165, 1.54) is 12.0 Å². The van der Waals surface area contributed by atoms with Crippen LogP contribution in [0, 0.1) is 5.41 Å². The van der Waals surface area contributed by atoms with Gasteiger partial charge in [0.2, 0.25) is 0 Å². The zero-order chi connectivity index (χ0) is 10.8. The summed E-state index contributed by atoms with van der Waals surface area (Å²) in [5, 5.41) is 0.816. The van der Waals surface area contributed by atoms with Gasteiger partial charge in [0.15, 0.2) is 0 Å². The molecule has 0 fully saturated rings. The normalized spacial score (nSPS) is 14.1. The summed E-state index contributed by atoms with van der Waals surface area (Å²) in [4.78, 5) is 0. The molecule has 0 saturated heterocycles. The third-order valence-corrected chi connectivity index (χ3v) is 2.61. The van der Waals surface area contributed by atoms with Crippen LogP contribution in [0.4, 0.5) is 0 Å². The molecule has 0 aromatic heterocycles. The van der Waals surface area contributed by atoms with Gasteiger partial charge in [-0.3, -0.25) is 0 Å². The van der Waals surface area contributed by atoms with E-state index in [2.05, 4.69) is 39.8 Å². The Morgan fingerprint density at radius 3 is 2.07 bits per heavy atom. The van der Waals surface area contributed by atoms with E-state index in [1.54, 1.807) is 0 Å². The molecule has 0 nitrogen and oxygen atoms in total. The van der Waals surface area contributed by atoms with Gasteiger partial charge < -0.3 is 0 Å². The van der Waals surface area contributed by atoms with Crippen LogP contribution in [0.15, 0.2) is 24.3 Å². The second-order valence-corrected chi connectivity index (χ2v) is 5.65. The Morgan fingerprint density at radius 1 is 1.14 bits per heavy atom. The Bertz CT molecular complexity index is 279. The van der Waals surface area contributed by atoms with Crippen LogP contribution in [0.2, 0.25) is 5.02 Å². The third-order valence-electron chi connectivity index (χ3n) is 2.36. The molecular weight excluding hydrogens is 192 g/mol. The second kappa shape index (κ2) is 4.35. The van der Waals surface area contributed by atoms with E-state index < -0.39 is 0 Å². The molecule has 0 amide bonds. The van der Waals surface area contributed by atoms with E-state index in [4.69, 9.17) is 11.6 Å². The van der Waals surface area contributed by atoms with Crippen molar-refractivity contribution in [1.82, 2.24) is 0 Å². The topological polar surface area (TPSA) is 0 Å². The number of hydrogen-bond acceptors (Lipinski definition) is 0. The molecule has 0 aliphatic heterocycles. The van der Waals surface area contributed by atoms with Gasteiger partial charge in [0.05, 0.1) is 0 Å². The molecule has 0 spiro atoms. The van der Waals surface area contributed by atoms with Crippen molar-refractivity contribution >= 4 is 11.6 Å². The van der Waals surface area contributed by atoms with Crippen molar-refractivity contribution < 1.29 is 0 Å². The van der Waals surface area contributed by atoms with Gasteiger partial charge in [0.25, 0.3) is 0 Å². The molecular formula is C13H19Cl. The quantitative estimate of drug-likeness (QED) is 0.653. The van der Waals surface area contributed by atoms with E-state index in [1.807, 2.05) is 12.1 Å². The van der Waals surface area contributed by atoms with Crippen molar-refractivity contribution in [2.24, 2.45) is 5.41 Å². The lowest BCUT2D eigenvalue weighted by Gasteiger charge is -2.23. The Kier molecular flexibility index (Phi) is 3.60. The van der Waals surface area contributed by atoms with Crippen molar-refractivity contribution in [3.8, 4) is 0 Å². The molecule has 1 aromatic rings. The summed E-state index contributed by atoms with van der Waals surface area (Å²) in [6, 6.07) is 8.18. The van der Waals surface area contributed by atoms with Crippen molar-refractivity contribution in [3.05, 3.63) is 34.9 Å². The predicted octanol–water partition coefficient (Wildman–Crippen LogP) is 4.88. The zero-order valence-electron chi connectivity index (χ0n) is 9.47. The summed E-state index contributed by atoms with van der Waals surface area (Å²) >= 11 is 5.85. The summed E-state index contributed by atoms with van der Waals surface area (Å²) in [5.41, 5.74) is 1.77. The lowest BCUT2D eigenvalue weighted by molar-refractivity contribution is 0.349. The average Bonchev–Trinajstić information content (AvgIpc) is 2.02. The second-order valence-electron chi connectivity index (χ2n) is 5.22. The highest BCUT2D eigenvalue weighted by molar-refractivity contribution is 6.30. The summed E-state index contributed by atoms with van der Waals surface area (Å²) in [7, 11) is 0. The van der Waals surface area contributed by atoms with Gasteiger partial charge in [-0.15, -0.1) is 0 Å². The Hall–Kier alpha value is -0.490. The van der Waals surface area contributed by atoms with Crippen LogP contribution in [0.1, 0.15) is 45.6 Å². The first kappa shape index (κ1) is 11.6. The van der Waals surface area contributed by atoms with E-state index in [0.717, 1.165) is 5.02 Å². The Labute approximate surface area is 92.3 Å². The van der Waals surface area contributed by atoms with Gasteiger partial charge in [-0.1, -0.05) is 51.4 Å². The molecule has 1 atom stereocenters. The molecule has 0 aliphatic carbocycles. The average molecular weight is 211 g/mol. The largest absolute Gasteiger partial charge is 0.0843 e. The molecule has 0 unspecified atom stereocenters. The maximum atomic E-state index is 5.85. The van der Waals surface area contributed by atoms with Crippen LogP contribution in [0.3, 0.4) is 0 Å². The molecule has 0 aliphatic rings. The summed E-state index contributed by atoms with van der Waals surface area (Å²) in [6.07, 6.45) is 1.20. The number of halogens is 1. The molecule has 1 aromatic carbocycles. The standard InChI is InChI=1S/C13H19Cl/c1-10(9-13(2,3)4)11-5-7-12(14)8-6-11/h5-8,10H,9H2,1-4H3/t10-/m1/s1. The maximum Gasteiger partial charge on any atom is 0.0406 e. The van der Waals surface area contributed by atoms with E-state index in [0.29, 0.717) is 11.3 Å². The van der Waals surface area contributed by atoms with E-state index >= 15 is 0 Å².